The van der Waals surface area contributed by atoms with Crippen LogP contribution in [0, 0.1) is 18.8 Å². The molecule has 0 unspecified atom stereocenters. The molecule has 3 aromatic heterocycles. The number of hydrogen-bond donors (Lipinski definition) is 0. The molecule has 30 heavy (non-hydrogen) atoms. The summed E-state index contributed by atoms with van der Waals surface area (Å²) in [7, 11) is 0. The van der Waals surface area contributed by atoms with Crippen molar-refractivity contribution < 1.29 is 18.8 Å². The number of aryl methyl sites for hydroxylation is 1. The lowest BCUT2D eigenvalue weighted by Crippen LogP contribution is -2.39. The minimum absolute atomic E-state index is 0.198. The van der Waals surface area contributed by atoms with Gasteiger partial charge in [-0.05, 0) is 36.3 Å². The lowest BCUT2D eigenvalue weighted by Gasteiger charge is -2.26. The van der Waals surface area contributed by atoms with Crippen molar-refractivity contribution in [3.63, 3.8) is 0 Å². The molecule has 8 heteroatoms. The molecule has 0 atom stereocenters. The molecule has 0 spiro atoms. The average molecular weight is 430 g/mol. The SMILES string of the molecule is Cc1noc2nc(-c3cccs3)cc(C(=O)OCC(=O)N(CC(C)C)CC(C)C)c12. The molecule has 3 rings (SSSR count). The standard InChI is InChI=1S/C22H27N3O4S/c1-13(2)10-25(11-14(3)4)19(26)12-28-22(27)16-9-17(18-7-6-8-30-18)23-21-20(16)15(5)24-29-21/h6-9,13-14H,10-12H2,1-5H3. The number of carbonyl (C=O) groups is 2. The first kappa shape index (κ1) is 22.0. The van der Waals surface area contributed by atoms with Crippen LogP contribution in [0.3, 0.4) is 0 Å². The summed E-state index contributed by atoms with van der Waals surface area (Å²) in [5.74, 6) is -0.127. The highest BCUT2D eigenvalue weighted by Gasteiger charge is 2.23. The molecule has 1 amide bonds. The summed E-state index contributed by atoms with van der Waals surface area (Å²) < 4.78 is 10.7. The largest absolute Gasteiger partial charge is 0.452 e. The second-order valence-electron chi connectivity index (χ2n) is 8.14. The lowest BCUT2D eigenvalue weighted by molar-refractivity contribution is -0.135. The number of thiophene rings is 1. The predicted octanol–water partition coefficient (Wildman–Crippen LogP) is 4.56. The molecule has 3 heterocycles. The van der Waals surface area contributed by atoms with E-state index < -0.39 is 5.97 Å². The van der Waals surface area contributed by atoms with Crippen molar-refractivity contribution in [2.45, 2.75) is 34.6 Å². The number of nitrogens with zero attached hydrogens (tertiary/aromatic N) is 3. The number of hydrogen-bond acceptors (Lipinski definition) is 7. The van der Waals surface area contributed by atoms with E-state index in [9.17, 15) is 9.59 Å². The summed E-state index contributed by atoms with van der Waals surface area (Å²) in [6.07, 6.45) is 0. The van der Waals surface area contributed by atoms with Crippen molar-refractivity contribution in [2.24, 2.45) is 11.8 Å². The monoisotopic (exact) mass is 429 g/mol. The summed E-state index contributed by atoms with van der Waals surface area (Å²) in [5, 5.41) is 6.37. The van der Waals surface area contributed by atoms with Gasteiger partial charge in [0.05, 0.1) is 27.2 Å². The first-order valence-corrected chi connectivity index (χ1v) is 10.9. The quantitative estimate of drug-likeness (QED) is 0.488. The zero-order chi connectivity index (χ0) is 21.8. The van der Waals surface area contributed by atoms with Crippen LogP contribution < -0.4 is 0 Å². The maximum Gasteiger partial charge on any atom is 0.339 e. The molecule has 0 radical (unpaired) electrons. The molecule has 0 aliphatic rings. The van der Waals surface area contributed by atoms with Gasteiger partial charge in [-0.3, -0.25) is 4.79 Å². The van der Waals surface area contributed by atoms with Crippen LogP contribution in [-0.2, 0) is 9.53 Å². The van der Waals surface area contributed by atoms with Gasteiger partial charge < -0.3 is 14.2 Å². The molecular formula is C22H27N3O4S. The van der Waals surface area contributed by atoms with Crippen LogP contribution in [0.25, 0.3) is 21.7 Å². The fourth-order valence-electron chi connectivity index (χ4n) is 3.26. The van der Waals surface area contributed by atoms with E-state index in [4.69, 9.17) is 9.26 Å². The van der Waals surface area contributed by atoms with Crippen molar-refractivity contribution in [2.75, 3.05) is 19.7 Å². The van der Waals surface area contributed by atoms with Crippen molar-refractivity contribution in [3.05, 3.63) is 34.8 Å². The summed E-state index contributed by atoms with van der Waals surface area (Å²) in [4.78, 5) is 32.7. The number of ether oxygens (including phenoxy) is 1. The van der Waals surface area contributed by atoms with E-state index in [1.807, 2.05) is 17.5 Å². The van der Waals surface area contributed by atoms with Crippen LogP contribution in [0.15, 0.2) is 28.1 Å². The topological polar surface area (TPSA) is 85.5 Å². The van der Waals surface area contributed by atoms with Gasteiger partial charge in [0.15, 0.2) is 6.61 Å². The number of rotatable bonds is 8. The second kappa shape index (κ2) is 9.38. The lowest BCUT2D eigenvalue weighted by atomic mass is 10.1. The zero-order valence-electron chi connectivity index (χ0n) is 18.0. The summed E-state index contributed by atoms with van der Waals surface area (Å²) in [6.45, 7) is 10.9. The molecule has 0 aromatic carbocycles. The Hall–Kier alpha value is -2.74. The fraction of sp³-hybridized carbons (Fsp3) is 0.455. The Labute approximate surface area is 180 Å². The minimum atomic E-state index is -0.589. The summed E-state index contributed by atoms with van der Waals surface area (Å²) in [5.41, 5.74) is 1.73. The third-order valence-electron chi connectivity index (χ3n) is 4.46. The Morgan fingerprint density at radius 2 is 1.90 bits per heavy atom. The highest BCUT2D eigenvalue weighted by molar-refractivity contribution is 7.13. The van der Waals surface area contributed by atoms with Crippen LogP contribution in [0.2, 0.25) is 0 Å². The predicted molar refractivity (Wildman–Crippen MR) is 116 cm³/mol. The van der Waals surface area contributed by atoms with Crippen molar-refractivity contribution in [3.8, 4) is 10.6 Å². The van der Waals surface area contributed by atoms with Crippen LogP contribution >= 0.6 is 11.3 Å². The van der Waals surface area contributed by atoms with E-state index in [0.717, 1.165) is 4.88 Å². The highest BCUT2D eigenvalue weighted by Crippen LogP contribution is 2.29. The fourth-order valence-corrected chi connectivity index (χ4v) is 3.95. The number of carbonyl (C=O) groups excluding carboxylic acids is 2. The molecule has 3 aromatic rings. The molecule has 160 valence electrons. The van der Waals surface area contributed by atoms with Gasteiger partial charge in [-0.15, -0.1) is 11.3 Å². The van der Waals surface area contributed by atoms with Gasteiger partial charge in [0.1, 0.15) is 0 Å². The van der Waals surface area contributed by atoms with E-state index in [2.05, 4.69) is 37.8 Å². The number of esters is 1. The molecule has 0 bridgehead atoms. The normalized spacial score (nSPS) is 11.4. The van der Waals surface area contributed by atoms with Gasteiger partial charge in [-0.1, -0.05) is 38.9 Å². The molecule has 0 saturated heterocycles. The zero-order valence-corrected chi connectivity index (χ0v) is 18.8. The Balaban J connectivity index is 1.82. The average Bonchev–Trinajstić information content (AvgIpc) is 3.34. The number of aromatic nitrogens is 2. The Kier molecular flexibility index (Phi) is 6.87. The smallest absolute Gasteiger partial charge is 0.339 e. The third kappa shape index (κ3) is 5.05. The molecule has 0 aliphatic heterocycles. The summed E-state index contributed by atoms with van der Waals surface area (Å²) in [6, 6.07) is 5.49. The molecule has 7 nitrogen and oxygen atoms in total. The molecular weight excluding hydrogens is 402 g/mol. The van der Waals surface area contributed by atoms with E-state index in [1.165, 1.54) is 11.3 Å². The number of amides is 1. The Morgan fingerprint density at radius 3 is 2.50 bits per heavy atom. The van der Waals surface area contributed by atoms with E-state index in [-0.39, 0.29) is 18.2 Å². The van der Waals surface area contributed by atoms with Gasteiger partial charge >= 0.3 is 5.97 Å². The van der Waals surface area contributed by atoms with Crippen LogP contribution in [-0.4, -0.2) is 46.6 Å². The maximum absolute atomic E-state index is 12.9. The van der Waals surface area contributed by atoms with Crippen molar-refractivity contribution in [1.29, 1.82) is 0 Å². The van der Waals surface area contributed by atoms with Crippen LogP contribution in [0.1, 0.15) is 43.7 Å². The molecule has 0 N–H and O–H groups in total. The van der Waals surface area contributed by atoms with E-state index in [0.29, 0.717) is 47.3 Å². The molecule has 0 aliphatic carbocycles. The van der Waals surface area contributed by atoms with Gasteiger partial charge in [0, 0.05) is 13.1 Å². The number of fused-ring (bicyclic) bond motifs is 1. The number of pyridine rings is 1. The van der Waals surface area contributed by atoms with Gasteiger partial charge in [0.2, 0.25) is 0 Å². The van der Waals surface area contributed by atoms with Gasteiger partial charge in [0.25, 0.3) is 11.6 Å². The van der Waals surface area contributed by atoms with Gasteiger partial charge in [-0.25, -0.2) is 9.78 Å². The van der Waals surface area contributed by atoms with E-state index >= 15 is 0 Å². The van der Waals surface area contributed by atoms with Crippen molar-refractivity contribution >= 4 is 34.3 Å². The summed E-state index contributed by atoms with van der Waals surface area (Å²) >= 11 is 1.51. The second-order valence-corrected chi connectivity index (χ2v) is 9.09. The Morgan fingerprint density at radius 1 is 1.20 bits per heavy atom. The highest BCUT2D eigenvalue weighted by atomic mass is 32.1. The first-order valence-electron chi connectivity index (χ1n) is 10.0. The molecule has 0 fully saturated rings. The first-order chi connectivity index (χ1) is 14.3. The molecule has 0 saturated carbocycles. The van der Waals surface area contributed by atoms with E-state index in [1.54, 1.807) is 17.9 Å². The van der Waals surface area contributed by atoms with Gasteiger partial charge in [-0.2, -0.15) is 0 Å². The maximum atomic E-state index is 12.9. The minimum Gasteiger partial charge on any atom is -0.452 e. The van der Waals surface area contributed by atoms with Crippen LogP contribution in [0.5, 0.6) is 0 Å². The van der Waals surface area contributed by atoms with Crippen LogP contribution in [0.4, 0.5) is 0 Å². The van der Waals surface area contributed by atoms with Crippen molar-refractivity contribution in [1.82, 2.24) is 15.0 Å². The third-order valence-corrected chi connectivity index (χ3v) is 5.35. The Bertz CT molecular complexity index is 1010.